The average Bonchev–Trinajstić information content (AvgIpc) is 3.61. The first-order valence-electron chi connectivity index (χ1n) is 13.8. The lowest BCUT2D eigenvalue weighted by atomic mass is 10.2. The van der Waals surface area contributed by atoms with E-state index >= 15 is 0 Å². The maximum Gasteiger partial charge on any atom is 0.230 e. The van der Waals surface area contributed by atoms with E-state index in [-0.39, 0.29) is 11.9 Å². The van der Waals surface area contributed by atoms with Crippen molar-refractivity contribution in [2.45, 2.75) is 58.0 Å². The lowest BCUT2D eigenvalue weighted by molar-refractivity contribution is -0.120. The highest BCUT2D eigenvalue weighted by Crippen LogP contribution is 2.34. The number of aldehydes is 1. The molecule has 1 amide bonds. The summed E-state index contributed by atoms with van der Waals surface area (Å²) in [7, 11) is 5.61. The first kappa shape index (κ1) is 30.1. The van der Waals surface area contributed by atoms with Crippen molar-refractivity contribution in [2.75, 3.05) is 51.1 Å². The van der Waals surface area contributed by atoms with Gasteiger partial charge in [-0.15, -0.1) is 0 Å². The normalized spacial score (nSPS) is 17.9. The van der Waals surface area contributed by atoms with Crippen molar-refractivity contribution in [3.05, 3.63) is 36.3 Å². The van der Waals surface area contributed by atoms with Gasteiger partial charge in [-0.25, -0.2) is 9.97 Å². The Balaban J connectivity index is 0.000000787. The smallest absolute Gasteiger partial charge is 0.230 e. The molecule has 3 aromatic heterocycles. The monoisotopic (exact) mass is 538 g/mol. The molecule has 1 unspecified atom stereocenters. The van der Waals surface area contributed by atoms with Crippen molar-refractivity contribution in [1.82, 2.24) is 30.2 Å². The molecule has 0 bridgehead atoms. The lowest BCUT2D eigenvalue weighted by Gasteiger charge is -2.29. The average molecular weight is 539 g/mol. The van der Waals surface area contributed by atoms with Gasteiger partial charge in [0.15, 0.2) is 6.29 Å². The van der Waals surface area contributed by atoms with Crippen molar-refractivity contribution in [3.63, 3.8) is 0 Å². The van der Waals surface area contributed by atoms with Gasteiger partial charge in [0.2, 0.25) is 11.9 Å². The van der Waals surface area contributed by atoms with Gasteiger partial charge in [0.05, 0.1) is 37.2 Å². The molecule has 1 saturated carbocycles. The number of nitrogens with zero attached hydrogens (tertiary/aromatic N) is 5. The summed E-state index contributed by atoms with van der Waals surface area (Å²) in [5.74, 6) is 0.998. The van der Waals surface area contributed by atoms with Crippen LogP contribution in [0.25, 0.3) is 11.0 Å². The molecule has 2 aliphatic rings. The van der Waals surface area contributed by atoms with Crippen LogP contribution >= 0.6 is 0 Å². The van der Waals surface area contributed by atoms with E-state index in [4.69, 9.17) is 9.72 Å². The van der Waals surface area contributed by atoms with E-state index in [0.29, 0.717) is 49.7 Å². The predicted molar refractivity (Wildman–Crippen MR) is 155 cm³/mol. The summed E-state index contributed by atoms with van der Waals surface area (Å²) in [6, 6.07) is 5.87. The Morgan fingerprint density at radius 1 is 1.08 bits per heavy atom. The zero-order chi connectivity index (χ0) is 28.2. The van der Waals surface area contributed by atoms with E-state index in [2.05, 4.69) is 25.9 Å². The van der Waals surface area contributed by atoms with Crippen LogP contribution in [0, 0.1) is 0 Å². The van der Waals surface area contributed by atoms with Crippen LogP contribution in [-0.4, -0.2) is 78.7 Å². The second-order valence-corrected chi connectivity index (χ2v) is 9.31. The minimum Gasteiger partial charge on any atom is -0.379 e. The molecule has 0 radical (unpaired) electrons. The van der Waals surface area contributed by atoms with Gasteiger partial charge in [-0.1, -0.05) is 26.7 Å². The molecule has 1 atom stereocenters. The molecule has 5 rings (SSSR count). The summed E-state index contributed by atoms with van der Waals surface area (Å²) in [5, 5.41) is 9.94. The largest absolute Gasteiger partial charge is 0.379 e. The van der Waals surface area contributed by atoms with Gasteiger partial charge in [-0.3, -0.25) is 9.59 Å². The van der Waals surface area contributed by atoms with Crippen molar-refractivity contribution < 1.29 is 14.3 Å². The highest BCUT2D eigenvalue weighted by atomic mass is 16.5. The maximum absolute atomic E-state index is 12.6. The van der Waals surface area contributed by atoms with Crippen molar-refractivity contribution in [1.29, 1.82) is 0 Å². The van der Waals surface area contributed by atoms with E-state index < -0.39 is 0 Å². The van der Waals surface area contributed by atoms with E-state index in [1.807, 2.05) is 57.8 Å². The molecule has 0 spiro atoms. The molecule has 2 fully saturated rings. The molecule has 1 aliphatic heterocycles. The van der Waals surface area contributed by atoms with Crippen LogP contribution in [0.4, 0.5) is 17.5 Å². The fourth-order valence-corrected chi connectivity index (χ4v) is 4.78. The SMILES string of the molecule is CC.CNC.CNC1COCCC(=O)N(c2ccc(Nc3ncc4cc(C=O)n(C5CCCC5)c4n3)nc2)C1. The maximum atomic E-state index is 12.6. The minimum absolute atomic E-state index is 0.00917. The number of anilines is 3. The predicted octanol–water partition coefficient (Wildman–Crippen LogP) is 3.70. The van der Waals surface area contributed by atoms with Crippen LogP contribution in [0.2, 0.25) is 0 Å². The number of ether oxygens (including phenoxy) is 1. The summed E-state index contributed by atoms with van der Waals surface area (Å²) in [6.45, 7) is 5.48. The molecule has 1 aliphatic carbocycles. The van der Waals surface area contributed by atoms with Gasteiger partial charge < -0.3 is 30.2 Å². The fraction of sp³-hybridized carbons (Fsp3) is 0.536. The van der Waals surface area contributed by atoms with E-state index in [1.165, 1.54) is 0 Å². The number of amides is 1. The molecular weight excluding hydrogens is 496 g/mol. The molecule has 0 aromatic carbocycles. The number of carbonyl (C=O) groups excluding carboxylic acids is 2. The van der Waals surface area contributed by atoms with Crippen molar-refractivity contribution in [3.8, 4) is 0 Å². The second-order valence-electron chi connectivity index (χ2n) is 9.31. The van der Waals surface area contributed by atoms with Crippen LogP contribution in [0.5, 0.6) is 0 Å². The molecule has 3 N–H and O–H groups in total. The Morgan fingerprint density at radius 2 is 1.82 bits per heavy atom. The third-order valence-electron chi connectivity index (χ3n) is 6.61. The summed E-state index contributed by atoms with van der Waals surface area (Å²) in [5.41, 5.74) is 2.13. The Kier molecular flexibility index (Phi) is 11.8. The Labute approximate surface area is 230 Å². The Hall–Kier alpha value is -3.41. The molecule has 4 heterocycles. The Morgan fingerprint density at radius 3 is 2.46 bits per heavy atom. The quantitative estimate of drug-likeness (QED) is 0.403. The van der Waals surface area contributed by atoms with E-state index in [0.717, 1.165) is 48.7 Å². The van der Waals surface area contributed by atoms with Crippen LogP contribution < -0.4 is 20.9 Å². The Bertz CT molecular complexity index is 1190. The fourth-order valence-electron chi connectivity index (χ4n) is 4.78. The second kappa shape index (κ2) is 15.2. The molecule has 11 heteroatoms. The number of hydrogen-bond acceptors (Lipinski definition) is 9. The number of rotatable bonds is 6. The van der Waals surface area contributed by atoms with E-state index in [1.54, 1.807) is 17.3 Å². The van der Waals surface area contributed by atoms with Gasteiger partial charge in [-0.05, 0) is 52.2 Å². The minimum atomic E-state index is 0.00917. The van der Waals surface area contributed by atoms with Gasteiger partial charge >= 0.3 is 0 Å². The molecular formula is C28H42N8O3. The number of likely N-dealkylation sites (N-methyl/N-ethyl adjacent to an activating group) is 1. The third kappa shape index (κ3) is 7.59. The highest BCUT2D eigenvalue weighted by molar-refractivity contribution is 5.93. The summed E-state index contributed by atoms with van der Waals surface area (Å²) in [6.07, 6.45) is 9.08. The van der Waals surface area contributed by atoms with Crippen LogP contribution in [0.1, 0.15) is 62.5 Å². The third-order valence-corrected chi connectivity index (χ3v) is 6.61. The number of hydrogen-bond donors (Lipinski definition) is 3. The molecule has 11 nitrogen and oxygen atoms in total. The number of carbonyl (C=O) groups is 2. The summed E-state index contributed by atoms with van der Waals surface area (Å²) in [4.78, 5) is 39.6. The van der Waals surface area contributed by atoms with Gasteiger partial charge in [0, 0.05) is 30.2 Å². The first-order valence-corrected chi connectivity index (χ1v) is 13.8. The number of pyridine rings is 1. The number of aromatic nitrogens is 4. The lowest BCUT2D eigenvalue weighted by Crippen LogP contribution is -2.47. The highest BCUT2D eigenvalue weighted by Gasteiger charge is 2.24. The number of fused-ring (bicyclic) bond motifs is 1. The number of nitrogens with one attached hydrogen (secondary N) is 3. The molecule has 39 heavy (non-hydrogen) atoms. The topological polar surface area (TPSA) is 126 Å². The van der Waals surface area contributed by atoms with Crippen molar-refractivity contribution >= 4 is 40.7 Å². The summed E-state index contributed by atoms with van der Waals surface area (Å²) >= 11 is 0. The molecule has 212 valence electrons. The van der Waals surface area contributed by atoms with Gasteiger partial charge in [0.1, 0.15) is 11.5 Å². The first-order chi connectivity index (χ1) is 19.1. The van der Waals surface area contributed by atoms with E-state index in [9.17, 15) is 9.59 Å². The molecule has 3 aromatic rings. The van der Waals surface area contributed by atoms with Crippen LogP contribution in [0.3, 0.4) is 0 Å². The zero-order valence-electron chi connectivity index (χ0n) is 23.7. The zero-order valence-corrected chi connectivity index (χ0v) is 23.7. The van der Waals surface area contributed by atoms with Gasteiger partial charge in [0.25, 0.3) is 0 Å². The van der Waals surface area contributed by atoms with Crippen LogP contribution in [-0.2, 0) is 9.53 Å². The van der Waals surface area contributed by atoms with Gasteiger partial charge in [-0.2, -0.15) is 4.98 Å². The standard InChI is InChI=1S/C24H29N7O3.C2H7N.C2H6/c1-25-17-13-30(22(33)8-9-34-15-17)19-6-7-21(26-12-19)28-24-27-11-16-10-20(14-32)31(23(16)29-24)18-4-2-3-5-18;1-3-2;1-2/h6-7,10-12,14,17-18,25H,2-5,8-9,13,15H2,1H3,(H,26,27,28,29);3H,1-2H3;1-2H3. The van der Waals surface area contributed by atoms with Crippen molar-refractivity contribution in [2.24, 2.45) is 0 Å². The summed E-state index contributed by atoms with van der Waals surface area (Å²) < 4.78 is 7.58. The van der Waals surface area contributed by atoms with Crippen LogP contribution in [0.15, 0.2) is 30.6 Å². The molecule has 1 saturated heterocycles.